The van der Waals surface area contributed by atoms with Crippen LogP contribution in [0.1, 0.15) is 65.4 Å². The Kier molecular flexibility index (Phi) is 5.98. The van der Waals surface area contributed by atoms with Gasteiger partial charge in [-0.2, -0.15) is 5.26 Å². The number of amides is 1. The monoisotopic (exact) mass is 344 g/mol. The zero-order chi connectivity index (χ0) is 17.8. The van der Waals surface area contributed by atoms with Gasteiger partial charge in [0.25, 0.3) is 0 Å². The van der Waals surface area contributed by atoms with Crippen molar-refractivity contribution >= 4 is 17.7 Å². The third-order valence-electron chi connectivity index (χ3n) is 4.69. The van der Waals surface area contributed by atoms with Crippen molar-refractivity contribution in [2.24, 2.45) is 0 Å². The van der Waals surface area contributed by atoms with Crippen molar-refractivity contribution in [3.63, 3.8) is 0 Å². The zero-order valence-corrected chi connectivity index (χ0v) is 16.0. The summed E-state index contributed by atoms with van der Waals surface area (Å²) in [4.78, 5) is 13.6. The molecule has 1 N–H and O–H groups in total. The SMILES string of the molecule is C[C@H](Sc1ccc(C(C)(C)C)cc1)C(=O)NC1(C#N)CCCCC1. The minimum absolute atomic E-state index is 0.0386. The fourth-order valence-corrected chi connectivity index (χ4v) is 3.92. The summed E-state index contributed by atoms with van der Waals surface area (Å²) in [5.74, 6) is -0.0386. The normalized spacial score (nSPS) is 18.5. The first-order valence-electron chi connectivity index (χ1n) is 8.76. The standard InChI is InChI=1S/C20H28N2OS/c1-15(18(23)22-20(14-21)12-6-5-7-13-20)24-17-10-8-16(9-11-17)19(2,3)4/h8-11,15H,5-7,12-13H2,1-4H3,(H,22,23)/t15-/m0/s1. The van der Waals surface area contributed by atoms with E-state index in [0.29, 0.717) is 0 Å². The Balaban J connectivity index is 1.97. The highest BCUT2D eigenvalue weighted by molar-refractivity contribution is 8.00. The molecule has 3 nitrogen and oxygen atoms in total. The van der Waals surface area contributed by atoms with Gasteiger partial charge in [0, 0.05) is 4.90 Å². The molecule has 130 valence electrons. The van der Waals surface area contributed by atoms with Crippen LogP contribution in [0.25, 0.3) is 0 Å². The topological polar surface area (TPSA) is 52.9 Å². The molecule has 0 spiro atoms. The Morgan fingerprint density at radius 3 is 2.29 bits per heavy atom. The first-order valence-corrected chi connectivity index (χ1v) is 9.64. The van der Waals surface area contributed by atoms with Gasteiger partial charge in [0.1, 0.15) is 5.54 Å². The number of carbonyl (C=O) groups is 1. The maximum Gasteiger partial charge on any atom is 0.234 e. The van der Waals surface area contributed by atoms with Crippen LogP contribution in [0.15, 0.2) is 29.2 Å². The molecule has 0 unspecified atom stereocenters. The van der Waals surface area contributed by atoms with Crippen LogP contribution in [0.3, 0.4) is 0 Å². The molecular weight excluding hydrogens is 316 g/mol. The molecular formula is C20H28N2OS. The molecule has 1 saturated carbocycles. The number of hydrogen-bond donors (Lipinski definition) is 1. The summed E-state index contributed by atoms with van der Waals surface area (Å²) in [6.07, 6.45) is 4.73. The van der Waals surface area contributed by atoms with Gasteiger partial charge in [-0.1, -0.05) is 52.2 Å². The summed E-state index contributed by atoms with van der Waals surface area (Å²) in [5.41, 5.74) is 0.765. The maximum atomic E-state index is 12.5. The van der Waals surface area contributed by atoms with Crippen molar-refractivity contribution in [3.8, 4) is 6.07 Å². The lowest BCUT2D eigenvalue weighted by Crippen LogP contribution is -2.50. The fraction of sp³-hybridized carbons (Fsp3) is 0.600. The molecule has 1 aliphatic rings. The van der Waals surface area contributed by atoms with Crippen molar-refractivity contribution < 1.29 is 4.79 Å². The van der Waals surface area contributed by atoms with Crippen molar-refractivity contribution in [1.29, 1.82) is 5.26 Å². The molecule has 24 heavy (non-hydrogen) atoms. The maximum absolute atomic E-state index is 12.5. The molecule has 1 aliphatic carbocycles. The summed E-state index contributed by atoms with van der Waals surface area (Å²) in [6, 6.07) is 10.8. The molecule has 0 heterocycles. The molecule has 0 saturated heterocycles. The van der Waals surface area contributed by atoms with Crippen LogP contribution in [-0.2, 0) is 10.2 Å². The van der Waals surface area contributed by atoms with Crippen molar-refractivity contribution in [2.45, 2.75) is 80.9 Å². The predicted molar refractivity (Wildman–Crippen MR) is 100 cm³/mol. The van der Waals surface area contributed by atoms with E-state index in [4.69, 9.17) is 0 Å². The molecule has 4 heteroatoms. The fourth-order valence-electron chi connectivity index (χ4n) is 3.05. The number of nitriles is 1. The summed E-state index contributed by atoms with van der Waals surface area (Å²) in [7, 11) is 0. The first-order chi connectivity index (χ1) is 11.3. The quantitative estimate of drug-likeness (QED) is 0.798. The van der Waals surface area contributed by atoms with E-state index in [-0.39, 0.29) is 16.6 Å². The zero-order valence-electron chi connectivity index (χ0n) is 15.2. The third-order valence-corrected chi connectivity index (χ3v) is 5.80. The van der Waals surface area contributed by atoms with E-state index in [9.17, 15) is 10.1 Å². The Morgan fingerprint density at radius 1 is 1.21 bits per heavy atom. The van der Waals surface area contributed by atoms with E-state index >= 15 is 0 Å². The van der Waals surface area contributed by atoms with Gasteiger partial charge in [-0.05, 0) is 42.9 Å². The van der Waals surface area contributed by atoms with E-state index in [0.717, 1.165) is 37.0 Å². The molecule has 0 aromatic heterocycles. The number of nitrogens with zero attached hydrogens (tertiary/aromatic N) is 1. The second-order valence-corrected chi connectivity index (χ2v) is 9.19. The summed E-state index contributed by atoms with van der Waals surface area (Å²) in [6.45, 7) is 8.48. The summed E-state index contributed by atoms with van der Waals surface area (Å²) < 4.78 is 0. The van der Waals surface area contributed by atoms with E-state index < -0.39 is 5.54 Å². The number of carbonyl (C=O) groups excluding carboxylic acids is 1. The predicted octanol–water partition coefficient (Wildman–Crippen LogP) is 4.81. The highest BCUT2D eigenvalue weighted by atomic mass is 32.2. The van der Waals surface area contributed by atoms with Crippen LogP contribution in [0.5, 0.6) is 0 Å². The van der Waals surface area contributed by atoms with Crippen LogP contribution in [0.2, 0.25) is 0 Å². The minimum Gasteiger partial charge on any atom is -0.337 e. The molecule has 1 atom stereocenters. The summed E-state index contributed by atoms with van der Waals surface area (Å²) >= 11 is 1.55. The van der Waals surface area contributed by atoms with Gasteiger partial charge in [0.15, 0.2) is 0 Å². The summed E-state index contributed by atoms with van der Waals surface area (Å²) in [5, 5.41) is 12.3. The van der Waals surface area contributed by atoms with E-state index in [1.807, 2.05) is 6.92 Å². The number of rotatable bonds is 4. The molecule has 0 radical (unpaired) electrons. The molecule has 1 aromatic rings. The van der Waals surface area contributed by atoms with E-state index in [1.54, 1.807) is 11.8 Å². The average Bonchev–Trinajstić information content (AvgIpc) is 2.55. The number of benzene rings is 1. The smallest absolute Gasteiger partial charge is 0.234 e. The first kappa shape index (κ1) is 18.9. The Labute approximate surface area is 150 Å². The number of thioether (sulfide) groups is 1. The van der Waals surface area contributed by atoms with Gasteiger partial charge in [-0.15, -0.1) is 11.8 Å². The van der Waals surface area contributed by atoms with Crippen LogP contribution in [0, 0.1) is 11.3 Å². The lowest BCUT2D eigenvalue weighted by molar-refractivity contribution is -0.121. The number of nitrogens with one attached hydrogen (secondary N) is 1. The molecule has 1 fully saturated rings. The Bertz CT molecular complexity index is 604. The van der Waals surface area contributed by atoms with Gasteiger partial charge in [-0.25, -0.2) is 0 Å². The van der Waals surface area contributed by atoms with Gasteiger partial charge in [0.2, 0.25) is 5.91 Å². The van der Waals surface area contributed by atoms with Gasteiger partial charge in [0.05, 0.1) is 11.3 Å². The van der Waals surface area contributed by atoms with Crippen molar-refractivity contribution in [2.75, 3.05) is 0 Å². The minimum atomic E-state index is -0.653. The van der Waals surface area contributed by atoms with Crippen LogP contribution < -0.4 is 5.32 Å². The Morgan fingerprint density at radius 2 is 1.79 bits per heavy atom. The average molecular weight is 345 g/mol. The van der Waals surface area contributed by atoms with E-state index in [2.05, 4.69) is 56.4 Å². The Hall–Kier alpha value is -1.47. The van der Waals surface area contributed by atoms with E-state index in [1.165, 1.54) is 5.56 Å². The largest absolute Gasteiger partial charge is 0.337 e. The lowest BCUT2D eigenvalue weighted by atomic mass is 9.83. The second kappa shape index (κ2) is 7.61. The lowest BCUT2D eigenvalue weighted by Gasteiger charge is -2.32. The van der Waals surface area contributed by atoms with Gasteiger partial charge in [-0.3, -0.25) is 4.79 Å². The van der Waals surface area contributed by atoms with Crippen LogP contribution in [-0.4, -0.2) is 16.7 Å². The highest BCUT2D eigenvalue weighted by Crippen LogP contribution is 2.30. The molecule has 2 rings (SSSR count). The molecule has 0 aliphatic heterocycles. The molecule has 0 bridgehead atoms. The second-order valence-electron chi connectivity index (χ2n) is 7.78. The highest BCUT2D eigenvalue weighted by Gasteiger charge is 2.34. The molecule has 1 amide bonds. The third kappa shape index (κ3) is 4.77. The van der Waals surface area contributed by atoms with Crippen molar-refractivity contribution in [3.05, 3.63) is 29.8 Å². The van der Waals surface area contributed by atoms with Crippen LogP contribution in [0.4, 0.5) is 0 Å². The van der Waals surface area contributed by atoms with Gasteiger partial charge < -0.3 is 5.32 Å². The van der Waals surface area contributed by atoms with Crippen LogP contribution >= 0.6 is 11.8 Å². The molecule has 1 aromatic carbocycles. The van der Waals surface area contributed by atoms with Gasteiger partial charge >= 0.3 is 0 Å². The number of hydrogen-bond acceptors (Lipinski definition) is 3. The van der Waals surface area contributed by atoms with Crippen molar-refractivity contribution in [1.82, 2.24) is 5.32 Å².